The van der Waals surface area contributed by atoms with Crippen molar-refractivity contribution in [3.63, 3.8) is 0 Å². The van der Waals surface area contributed by atoms with Gasteiger partial charge in [0.2, 0.25) is 0 Å². The van der Waals surface area contributed by atoms with Gasteiger partial charge in [-0.15, -0.1) is 0 Å². The van der Waals surface area contributed by atoms with Crippen molar-refractivity contribution >= 4 is 17.4 Å². The van der Waals surface area contributed by atoms with Gasteiger partial charge in [0.1, 0.15) is 5.82 Å². The number of piperidine rings is 1. The Hall–Kier alpha value is -0.930. The molecule has 1 aliphatic rings. The van der Waals surface area contributed by atoms with Gasteiger partial charge in [-0.25, -0.2) is 4.39 Å². The van der Waals surface area contributed by atoms with Crippen molar-refractivity contribution < 1.29 is 9.18 Å². The van der Waals surface area contributed by atoms with Gasteiger partial charge in [0, 0.05) is 5.56 Å². The van der Waals surface area contributed by atoms with Crippen LogP contribution in [-0.4, -0.2) is 18.4 Å². The SMILES string of the molecule is O=C(c1ccc(F)c(Cl)c1)C1CCCCN1. The highest BCUT2D eigenvalue weighted by atomic mass is 35.5. The summed E-state index contributed by atoms with van der Waals surface area (Å²) in [6.45, 7) is 0.866. The number of benzene rings is 1. The largest absolute Gasteiger partial charge is 0.307 e. The second-order valence-corrected chi connectivity index (χ2v) is 4.40. The maximum absolute atomic E-state index is 12.9. The van der Waals surface area contributed by atoms with E-state index < -0.39 is 5.82 Å². The highest BCUT2D eigenvalue weighted by Crippen LogP contribution is 2.19. The van der Waals surface area contributed by atoms with Crippen LogP contribution < -0.4 is 5.32 Å². The first-order chi connectivity index (χ1) is 7.68. The molecule has 4 heteroatoms. The predicted octanol–water partition coefficient (Wildman–Crippen LogP) is 2.80. The summed E-state index contributed by atoms with van der Waals surface area (Å²) < 4.78 is 12.9. The van der Waals surface area contributed by atoms with E-state index >= 15 is 0 Å². The predicted molar refractivity (Wildman–Crippen MR) is 61.4 cm³/mol. The van der Waals surface area contributed by atoms with Crippen LogP contribution in [0.25, 0.3) is 0 Å². The minimum absolute atomic E-state index is 0.00148. The molecule has 1 saturated heterocycles. The normalized spacial score (nSPS) is 20.8. The molecule has 0 aromatic heterocycles. The Morgan fingerprint density at radius 2 is 2.25 bits per heavy atom. The molecule has 1 heterocycles. The van der Waals surface area contributed by atoms with E-state index in [-0.39, 0.29) is 16.8 Å². The van der Waals surface area contributed by atoms with E-state index in [4.69, 9.17) is 11.6 Å². The fraction of sp³-hybridized carbons (Fsp3) is 0.417. The van der Waals surface area contributed by atoms with Crippen LogP contribution in [0.5, 0.6) is 0 Å². The third kappa shape index (κ3) is 2.42. The minimum atomic E-state index is -0.491. The minimum Gasteiger partial charge on any atom is -0.307 e. The van der Waals surface area contributed by atoms with Gasteiger partial charge in [0.25, 0.3) is 0 Å². The molecule has 1 unspecified atom stereocenters. The maximum atomic E-state index is 12.9. The zero-order valence-corrected chi connectivity index (χ0v) is 9.56. The molecule has 1 aliphatic heterocycles. The molecular formula is C12H13ClFNO. The lowest BCUT2D eigenvalue weighted by molar-refractivity contribution is 0.0927. The van der Waals surface area contributed by atoms with Crippen molar-refractivity contribution in [3.05, 3.63) is 34.6 Å². The third-order valence-electron chi connectivity index (χ3n) is 2.83. The molecule has 1 atom stereocenters. The summed E-state index contributed by atoms with van der Waals surface area (Å²) in [4.78, 5) is 12.0. The van der Waals surface area contributed by atoms with Gasteiger partial charge in [0.05, 0.1) is 11.1 Å². The average Bonchev–Trinajstić information content (AvgIpc) is 2.33. The van der Waals surface area contributed by atoms with Crippen LogP contribution in [0.15, 0.2) is 18.2 Å². The molecule has 0 aliphatic carbocycles. The van der Waals surface area contributed by atoms with Gasteiger partial charge >= 0.3 is 0 Å². The molecule has 2 nitrogen and oxygen atoms in total. The van der Waals surface area contributed by atoms with Gasteiger partial charge in [-0.1, -0.05) is 18.0 Å². The Morgan fingerprint density at radius 3 is 2.88 bits per heavy atom. The van der Waals surface area contributed by atoms with E-state index in [0.29, 0.717) is 5.56 Å². The van der Waals surface area contributed by atoms with Crippen LogP contribution in [0, 0.1) is 5.82 Å². The second kappa shape index (κ2) is 4.93. The molecule has 0 saturated carbocycles. The first-order valence-electron chi connectivity index (χ1n) is 5.41. The van der Waals surface area contributed by atoms with Gasteiger partial charge in [-0.2, -0.15) is 0 Å². The van der Waals surface area contributed by atoms with Crippen LogP contribution in [0.4, 0.5) is 4.39 Å². The highest BCUT2D eigenvalue weighted by Gasteiger charge is 2.22. The fourth-order valence-corrected chi connectivity index (χ4v) is 2.11. The van der Waals surface area contributed by atoms with Crippen molar-refractivity contribution in [1.29, 1.82) is 0 Å². The molecular weight excluding hydrogens is 229 g/mol. The molecule has 2 rings (SSSR count). The lowest BCUT2D eigenvalue weighted by Gasteiger charge is -2.22. The summed E-state index contributed by atoms with van der Waals surface area (Å²) in [7, 11) is 0. The Bertz CT molecular complexity index is 402. The van der Waals surface area contributed by atoms with Crippen LogP contribution >= 0.6 is 11.6 Å². The highest BCUT2D eigenvalue weighted by molar-refractivity contribution is 6.31. The number of ketones is 1. The van der Waals surface area contributed by atoms with Gasteiger partial charge in [-0.05, 0) is 37.6 Å². The van der Waals surface area contributed by atoms with E-state index in [0.717, 1.165) is 25.8 Å². The molecule has 1 fully saturated rings. The smallest absolute Gasteiger partial charge is 0.179 e. The number of Topliss-reactive ketones (excluding diaryl/α,β-unsaturated/α-hetero) is 1. The first-order valence-corrected chi connectivity index (χ1v) is 5.79. The Kier molecular flexibility index (Phi) is 3.56. The van der Waals surface area contributed by atoms with Crippen LogP contribution in [0.2, 0.25) is 5.02 Å². The third-order valence-corrected chi connectivity index (χ3v) is 3.12. The van der Waals surface area contributed by atoms with E-state index in [1.807, 2.05) is 0 Å². The quantitative estimate of drug-likeness (QED) is 0.807. The number of rotatable bonds is 2. The number of hydrogen-bond donors (Lipinski definition) is 1. The molecule has 0 radical (unpaired) electrons. The summed E-state index contributed by atoms with van der Waals surface area (Å²) in [5.74, 6) is -0.489. The average molecular weight is 242 g/mol. The summed E-state index contributed by atoms with van der Waals surface area (Å²) in [6.07, 6.45) is 3.00. The molecule has 0 amide bonds. The van der Waals surface area contributed by atoms with Crippen LogP contribution in [0.3, 0.4) is 0 Å². The number of halogens is 2. The topological polar surface area (TPSA) is 29.1 Å². The summed E-state index contributed by atoms with van der Waals surface area (Å²) >= 11 is 5.65. The van der Waals surface area contributed by atoms with Gasteiger partial charge in [0.15, 0.2) is 5.78 Å². The molecule has 16 heavy (non-hydrogen) atoms. The molecule has 0 spiro atoms. The molecule has 1 aromatic rings. The van der Waals surface area contributed by atoms with Crippen molar-refractivity contribution in [2.45, 2.75) is 25.3 Å². The zero-order valence-electron chi connectivity index (χ0n) is 8.80. The molecule has 86 valence electrons. The Morgan fingerprint density at radius 1 is 1.44 bits per heavy atom. The molecule has 1 aromatic carbocycles. The standard InChI is InChI=1S/C12H13ClFNO/c13-9-7-8(4-5-10(9)14)12(16)11-3-1-2-6-15-11/h4-5,7,11,15H,1-3,6H2. The lowest BCUT2D eigenvalue weighted by Crippen LogP contribution is -2.40. The molecule has 0 bridgehead atoms. The van der Waals surface area contributed by atoms with E-state index in [1.165, 1.54) is 18.2 Å². The van der Waals surface area contributed by atoms with Crippen molar-refractivity contribution in [2.75, 3.05) is 6.54 Å². The lowest BCUT2D eigenvalue weighted by atomic mass is 9.96. The summed E-state index contributed by atoms with van der Waals surface area (Å²) in [5, 5.41) is 3.17. The summed E-state index contributed by atoms with van der Waals surface area (Å²) in [6, 6.07) is 3.98. The monoisotopic (exact) mass is 241 g/mol. The number of carbonyl (C=O) groups excluding carboxylic acids is 1. The number of nitrogens with one attached hydrogen (secondary N) is 1. The van der Waals surface area contributed by atoms with Gasteiger partial charge < -0.3 is 5.32 Å². The molecule has 1 N–H and O–H groups in total. The fourth-order valence-electron chi connectivity index (χ4n) is 1.93. The van der Waals surface area contributed by atoms with Crippen molar-refractivity contribution in [3.8, 4) is 0 Å². The first kappa shape index (κ1) is 11.6. The van der Waals surface area contributed by atoms with Crippen LogP contribution in [-0.2, 0) is 0 Å². The maximum Gasteiger partial charge on any atom is 0.179 e. The van der Waals surface area contributed by atoms with Crippen molar-refractivity contribution in [1.82, 2.24) is 5.32 Å². The Balaban J connectivity index is 2.16. The number of hydrogen-bond acceptors (Lipinski definition) is 2. The Labute approximate surface area is 98.8 Å². The van der Waals surface area contributed by atoms with E-state index in [2.05, 4.69) is 5.32 Å². The van der Waals surface area contributed by atoms with Gasteiger partial charge in [-0.3, -0.25) is 4.79 Å². The van der Waals surface area contributed by atoms with E-state index in [9.17, 15) is 9.18 Å². The second-order valence-electron chi connectivity index (χ2n) is 4.00. The zero-order chi connectivity index (χ0) is 11.5. The summed E-state index contributed by atoms with van der Waals surface area (Å²) in [5.41, 5.74) is 0.478. The van der Waals surface area contributed by atoms with Crippen molar-refractivity contribution in [2.24, 2.45) is 0 Å². The van der Waals surface area contributed by atoms with Crippen LogP contribution in [0.1, 0.15) is 29.6 Å². The van der Waals surface area contributed by atoms with E-state index in [1.54, 1.807) is 0 Å². The number of carbonyl (C=O) groups is 1.